The third kappa shape index (κ3) is 11.1. The predicted octanol–water partition coefficient (Wildman–Crippen LogP) is 5.40. The molecule has 2 aromatic carbocycles. The van der Waals surface area contributed by atoms with E-state index in [2.05, 4.69) is 20.5 Å². The molecule has 39 heavy (non-hydrogen) atoms. The molecule has 0 saturated heterocycles. The van der Waals surface area contributed by atoms with Crippen molar-refractivity contribution in [2.24, 2.45) is 20.5 Å². The van der Waals surface area contributed by atoms with E-state index in [0.717, 1.165) is 36.4 Å². The normalized spacial score (nSPS) is 13.2. The Hall–Kier alpha value is -4.07. The van der Waals surface area contributed by atoms with Crippen LogP contribution in [-0.4, -0.2) is 47.1 Å². The molecule has 212 valence electrons. The molecule has 2 aromatic rings. The van der Waals surface area contributed by atoms with Crippen LogP contribution in [0.5, 0.6) is 11.5 Å². The number of aliphatic hydroxyl groups excluding tert-OH is 2. The van der Waals surface area contributed by atoms with Crippen LogP contribution in [0, 0.1) is 22.7 Å². The molecule has 0 bridgehead atoms. The van der Waals surface area contributed by atoms with Gasteiger partial charge in [0.15, 0.2) is 11.4 Å². The average Bonchev–Trinajstić information content (AvgIpc) is 2.80. The molecule has 0 spiro atoms. The smallest absolute Gasteiger partial charge is 0.294 e. The van der Waals surface area contributed by atoms with Gasteiger partial charge >= 0.3 is 0 Å². The van der Waals surface area contributed by atoms with Gasteiger partial charge in [-0.3, -0.25) is 4.55 Å². The molecule has 2 rings (SSSR count). The van der Waals surface area contributed by atoms with Crippen LogP contribution in [-0.2, 0) is 26.6 Å². The molecule has 0 atom stereocenters. The van der Waals surface area contributed by atoms with Crippen molar-refractivity contribution >= 4 is 32.4 Å². The SMILES string of the molecule is C/C(O)=C(\C#N)N=Nc1cc(S(=O)(=O)O)ccc1O.C/C(O)=C(\C#N)N=Nc1cc(S(O)(O)O)ccc1O.[Ni]. The molecule has 0 unspecified atom stereocenters. The van der Waals surface area contributed by atoms with E-state index in [0.29, 0.717) is 0 Å². The Morgan fingerprint density at radius 3 is 1.41 bits per heavy atom. The number of nitriles is 2. The minimum Gasteiger partial charge on any atom is -0.510 e. The number of nitrogens with zero attached hydrogens (tertiary/aromatic N) is 6. The summed E-state index contributed by atoms with van der Waals surface area (Å²) >= 11 is 0. The van der Waals surface area contributed by atoms with Crippen LogP contribution in [0.15, 0.2) is 89.6 Å². The van der Waals surface area contributed by atoms with E-state index >= 15 is 0 Å². The summed E-state index contributed by atoms with van der Waals surface area (Å²) < 4.78 is 57.8. The second-order valence-corrected chi connectivity index (χ2v) is 9.72. The van der Waals surface area contributed by atoms with Gasteiger partial charge in [-0.2, -0.15) is 18.9 Å². The number of aromatic hydroxyl groups is 2. The minimum absolute atomic E-state index is 0. The first kappa shape index (κ1) is 34.9. The molecule has 0 aromatic heterocycles. The summed E-state index contributed by atoms with van der Waals surface area (Å²) in [5.74, 6) is -1.47. The van der Waals surface area contributed by atoms with Crippen LogP contribution in [0.3, 0.4) is 0 Å². The van der Waals surface area contributed by atoms with E-state index < -0.39 is 37.3 Å². The van der Waals surface area contributed by atoms with Crippen LogP contribution in [0.25, 0.3) is 0 Å². The maximum absolute atomic E-state index is 10.9. The Balaban J connectivity index is 0.000000722. The molecule has 0 aliphatic rings. The minimum atomic E-state index is -4.44. The topological polar surface area (TPSA) is 293 Å². The monoisotopic (exact) mass is 626 g/mol. The van der Waals surface area contributed by atoms with Crippen molar-refractivity contribution in [2.75, 3.05) is 0 Å². The first-order valence-corrected chi connectivity index (χ1v) is 12.5. The zero-order valence-electron chi connectivity index (χ0n) is 19.7. The van der Waals surface area contributed by atoms with Crippen molar-refractivity contribution in [1.29, 1.82) is 10.5 Å². The third-order valence-electron chi connectivity index (χ3n) is 3.92. The number of allylic oxidation sites excluding steroid dienone is 4. The van der Waals surface area contributed by atoms with E-state index in [1.54, 1.807) is 12.1 Å². The van der Waals surface area contributed by atoms with Crippen molar-refractivity contribution in [2.45, 2.75) is 23.6 Å². The molecular weight excluding hydrogens is 607 g/mol. The number of hydrogen-bond donors (Lipinski definition) is 8. The molecule has 0 fully saturated rings. The molecular formula is C20H20N6NiO10S2. The van der Waals surface area contributed by atoms with E-state index in [-0.39, 0.29) is 55.7 Å². The second kappa shape index (κ2) is 14.8. The molecule has 0 heterocycles. The van der Waals surface area contributed by atoms with Crippen molar-refractivity contribution < 1.29 is 63.5 Å². The van der Waals surface area contributed by atoms with E-state index in [9.17, 15) is 18.6 Å². The molecule has 19 heteroatoms. The van der Waals surface area contributed by atoms with Crippen molar-refractivity contribution in [1.82, 2.24) is 0 Å². The summed E-state index contributed by atoms with van der Waals surface area (Å²) in [6.07, 6.45) is 0. The summed E-state index contributed by atoms with van der Waals surface area (Å²) in [5.41, 5.74) is -1.22. The Kier molecular flexibility index (Phi) is 13.2. The van der Waals surface area contributed by atoms with Gasteiger partial charge in [-0.05, 0) is 50.2 Å². The average molecular weight is 627 g/mol. The van der Waals surface area contributed by atoms with Gasteiger partial charge in [-0.25, -0.2) is 0 Å². The Bertz CT molecular complexity index is 1510. The van der Waals surface area contributed by atoms with Crippen LogP contribution in [0.1, 0.15) is 13.8 Å². The van der Waals surface area contributed by atoms with Crippen LogP contribution in [0.2, 0.25) is 0 Å². The molecule has 0 saturated carbocycles. The number of hydrogen-bond acceptors (Lipinski definition) is 15. The number of benzene rings is 2. The zero-order chi connectivity index (χ0) is 29.3. The van der Waals surface area contributed by atoms with E-state index in [1.807, 2.05) is 0 Å². The van der Waals surface area contributed by atoms with Gasteiger partial charge in [0.25, 0.3) is 10.1 Å². The van der Waals surface area contributed by atoms with E-state index in [1.165, 1.54) is 13.8 Å². The third-order valence-corrected chi connectivity index (χ3v) is 5.66. The summed E-state index contributed by atoms with van der Waals surface area (Å²) in [5, 5.41) is 67.9. The number of azo groups is 2. The Morgan fingerprint density at radius 1 is 0.744 bits per heavy atom. The van der Waals surface area contributed by atoms with Crippen molar-refractivity contribution in [3.05, 3.63) is 59.3 Å². The van der Waals surface area contributed by atoms with Gasteiger partial charge in [0.1, 0.15) is 57.4 Å². The van der Waals surface area contributed by atoms with Crippen LogP contribution < -0.4 is 0 Å². The first-order valence-electron chi connectivity index (χ1n) is 9.58. The summed E-state index contributed by atoms with van der Waals surface area (Å²) in [6, 6.07) is 9.16. The standard InChI is InChI=1S/C10H11N3O5S.C10H9N3O5S.Ni/c2*1-6(14)9(5-11)13-12-8-4-7(19(16,17)18)2-3-10(8)15;/h2-4,14-18H,1H3;2-4,14-15H,1H3,(H,16,17,18);/b2*9-6-,13-12?;. The van der Waals surface area contributed by atoms with Gasteiger partial charge < -0.3 is 34.1 Å². The van der Waals surface area contributed by atoms with Gasteiger partial charge in [-0.15, -0.1) is 20.5 Å². The summed E-state index contributed by atoms with van der Waals surface area (Å²) in [6.45, 7) is 2.45. The quantitative estimate of drug-likeness (QED) is 0.0656. The summed E-state index contributed by atoms with van der Waals surface area (Å²) in [7, 11) is -8.38. The van der Waals surface area contributed by atoms with Crippen LogP contribution in [0.4, 0.5) is 11.4 Å². The fraction of sp³-hybridized carbons (Fsp3) is 0.100. The predicted molar refractivity (Wildman–Crippen MR) is 131 cm³/mol. The van der Waals surface area contributed by atoms with E-state index in [4.69, 9.17) is 38.9 Å². The maximum Gasteiger partial charge on any atom is 0.294 e. The molecule has 0 aliphatic carbocycles. The number of aliphatic hydroxyl groups is 2. The Labute approximate surface area is 233 Å². The fourth-order valence-corrected chi connectivity index (χ4v) is 3.08. The molecule has 0 amide bonds. The molecule has 16 nitrogen and oxygen atoms in total. The largest absolute Gasteiger partial charge is 0.510 e. The van der Waals surface area contributed by atoms with Gasteiger partial charge in [-0.1, -0.05) is 0 Å². The van der Waals surface area contributed by atoms with Crippen molar-refractivity contribution in [3.63, 3.8) is 0 Å². The Morgan fingerprint density at radius 2 is 1.10 bits per heavy atom. The van der Waals surface area contributed by atoms with Crippen LogP contribution >= 0.6 is 10.9 Å². The van der Waals surface area contributed by atoms with Gasteiger partial charge in [0.05, 0.1) is 9.79 Å². The first-order chi connectivity index (χ1) is 17.5. The fourth-order valence-electron chi connectivity index (χ4n) is 2.06. The zero-order valence-corrected chi connectivity index (χ0v) is 22.3. The molecule has 0 aliphatic heterocycles. The van der Waals surface area contributed by atoms with Crippen molar-refractivity contribution in [3.8, 4) is 23.6 Å². The maximum atomic E-state index is 10.9. The number of phenols is 2. The second-order valence-electron chi connectivity index (χ2n) is 6.79. The molecule has 8 N–H and O–H groups in total. The number of phenolic OH excluding ortho intramolecular Hbond substituents is 2. The summed E-state index contributed by atoms with van der Waals surface area (Å²) in [4.78, 5) is -0.745. The van der Waals surface area contributed by atoms with Gasteiger partial charge in [0, 0.05) is 16.5 Å². The van der Waals surface area contributed by atoms with Gasteiger partial charge in [0.2, 0.25) is 0 Å². The number of rotatable bonds is 6. The molecule has 0 radical (unpaired) electrons.